The molecule has 0 aliphatic heterocycles. The topological polar surface area (TPSA) is 86.1 Å². The summed E-state index contributed by atoms with van der Waals surface area (Å²) in [6.45, 7) is 14.3. The molecule has 0 bridgehead atoms. The number of nitrogens with zero attached hydrogens (tertiary/aromatic N) is 3. The van der Waals surface area contributed by atoms with Crippen LogP contribution in [0.2, 0.25) is 0 Å². The Morgan fingerprint density at radius 2 is 1.94 bits per heavy atom. The fourth-order valence-corrected chi connectivity index (χ4v) is 6.10. The Morgan fingerprint density at radius 3 is 2.55 bits per heavy atom. The predicted octanol–water partition coefficient (Wildman–Crippen LogP) is 6.30. The number of hydrogen-bond acceptors (Lipinski definition) is 8. The lowest BCUT2D eigenvalue weighted by molar-refractivity contribution is -0.113. The number of ether oxygens (including phenoxy) is 1. The lowest BCUT2D eigenvalue weighted by atomic mass is 10.1. The molecule has 33 heavy (non-hydrogen) atoms. The van der Waals surface area contributed by atoms with Gasteiger partial charge < -0.3 is 10.1 Å². The number of aryl methyl sites for hydroxylation is 1. The predicted molar refractivity (Wildman–Crippen MR) is 137 cm³/mol. The SMILES string of the molecule is CCOC(=O)c1c(NC(=O)CSc2nnc(-c3csc(C(C)C)c3)n2C(C)C)sc(C)c1C. The molecule has 3 aromatic heterocycles. The third kappa shape index (κ3) is 5.67. The van der Waals surface area contributed by atoms with Gasteiger partial charge in [0, 0.05) is 26.7 Å². The van der Waals surface area contributed by atoms with E-state index in [9.17, 15) is 9.59 Å². The van der Waals surface area contributed by atoms with E-state index in [1.54, 1.807) is 18.3 Å². The van der Waals surface area contributed by atoms with Gasteiger partial charge in [-0.1, -0.05) is 25.6 Å². The number of aromatic nitrogens is 3. The Balaban J connectivity index is 1.75. The van der Waals surface area contributed by atoms with Crippen molar-refractivity contribution in [1.82, 2.24) is 14.8 Å². The average Bonchev–Trinajstić information content (AvgIpc) is 3.44. The molecule has 0 aliphatic rings. The third-order valence-electron chi connectivity index (χ3n) is 5.08. The van der Waals surface area contributed by atoms with E-state index in [0.717, 1.165) is 21.8 Å². The average molecular weight is 507 g/mol. The molecule has 0 saturated heterocycles. The Bertz CT molecular complexity index is 1140. The highest BCUT2D eigenvalue weighted by molar-refractivity contribution is 7.99. The van der Waals surface area contributed by atoms with Crippen LogP contribution in [0.4, 0.5) is 5.00 Å². The smallest absolute Gasteiger partial charge is 0.341 e. The highest BCUT2D eigenvalue weighted by atomic mass is 32.2. The van der Waals surface area contributed by atoms with Crippen molar-refractivity contribution in [2.45, 2.75) is 65.6 Å². The van der Waals surface area contributed by atoms with Crippen LogP contribution in [-0.4, -0.2) is 39.0 Å². The van der Waals surface area contributed by atoms with Gasteiger partial charge in [0.2, 0.25) is 5.91 Å². The van der Waals surface area contributed by atoms with Gasteiger partial charge in [0.05, 0.1) is 17.9 Å². The molecule has 3 aromatic rings. The number of carbonyl (C=O) groups is 2. The number of thiophene rings is 2. The first kappa shape index (κ1) is 25.5. The number of hydrogen-bond donors (Lipinski definition) is 1. The number of nitrogens with one attached hydrogen (secondary N) is 1. The molecule has 0 saturated carbocycles. The molecule has 7 nitrogen and oxygen atoms in total. The highest BCUT2D eigenvalue weighted by Crippen LogP contribution is 2.35. The maximum atomic E-state index is 12.7. The van der Waals surface area contributed by atoms with E-state index in [1.165, 1.54) is 28.0 Å². The quantitative estimate of drug-likeness (QED) is 0.271. The van der Waals surface area contributed by atoms with E-state index >= 15 is 0 Å². The summed E-state index contributed by atoms with van der Waals surface area (Å²) in [6, 6.07) is 2.30. The van der Waals surface area contributed by atoms with E-state index in [2.05, 4.69) is 59.2 Å². The van der Waals surface area contributed by atoms with E-state index < -0.39 is 5.97 Å². The second-order valence-corrected chi connectivity index (χ2v) is 11.3. The molecule has 1 amide bonds. The first-order valence-electron chi connectivity index (χ1n) is 10.9. The molecule has 3 rings (SSSR count). The molecule has 10 heteroatoms. The van der Waals surface area contributed by atoms with Crippen LogP contribution in [0.25, 0.3) is 11.4 Å². The van der Waals surface area contributed by atoms with E-state index in [4.69, 9.17) is 4.74 Å². The Hall–Kier alpha value is -2.17. The molecular weight excluding hydrogens is 476 g/mol. The summed E-state index contributed by atoms with van der Waals surface area (Å²) in [5.41, 5.74) is 2.32. The lowest BCUT2D eigenvalue weighted by Crippen LogP contribution is -2.17. The highest BCUT2D eigenvalue weighted by Gasteiger charge is 2.23. The first-order valence-corrected chi connectivity index (χ1v) is 13.6. The van der Waals surface area contributed by atoms with Gasteiger partial charge in [-0.25, -0.2) is 4.79 Å². The summed E-state index contributed by atoms with van der Waals surface area (Å²) >= 11 is 4.44. The maximum Gasteiger partial charge on any atom is 0.341 e. The number of carbonyl (C=O) groups excluding carboxylic acids is 2. The van der Waals surface area contributed by atoms with Crippen molar-refractivity contribution >= 4 is 51.3 Å². The summed E-state index contributed by atoms with van der Waals surface area (Å²) < 4.78 is 7.23. The summed E-state index contributed by atoms with van der Waals surface area (Å²) in [4.78, 5) is 27.4. The largest absolute Gasteiger partial charge is 0.462 e. The Kier molecular flexibility index (Phi) is 8.36. The van der Waals surface area contributed by atoms with Crippen LogP contribution < -0.4 is 5.32 Å². The Labute approximate surface area is 207 Å². The normalized spacial score (nSPS) is 11.4. The molecular formula is C23H30N4O3S3. The molecule has 3 heterocycles. The van der Waals surface area contributed by atoms with Crippen LogP contribution in [0.5, 0.6) is 0 Å². The van der Waals surface area contributed by atoms with Crippen molar-refractivity contribution in [3.63, 3.8) is 0 Å². The molecule has 0 aliphatic carbocycles. The third-order valence-corrected chi connectivity index (χ3v) is 8.38. The summed E-state index contributed by atoms with van der Waals surface area (Å²) in [5.74, 6) is 0.808. The van der Waals surface area contributed by atoms with Crippen molar-refractivity contribution in [3.05, 3.63) is 32.3 Å². The zero-order valence-electron chi connectivity index (χ0n) is 20.0. The van der Waals surface area contributed by atoms with Crippen molar-refractivity contribution in [1.29, 1.82) is 0 Å². The molecule has 0 aromatic carbocycles. The fraction of sp³-hybridized carbons (Fsp3) is 0.478. The second-order valence-electron chi connectivity index (χ2n) is 8.21. The van der Waals surface area contributed by atoms with Gasteiger partial charge in [-0.2, -0.15) is 0 Å². The van der Waals surface area contributed by atoms with Crippen molar-refractivity contribution in [2.75, 3.05) is 17.7 Å². The Morgan fingerprint density at radius 1 is 1.21 bits per heavy atom. The molecule has 1 N–H and O–H groups in total. The summed E-state index contributed by atoms with van der Waals surface area (Å²) in [6.07, 6.45) is 0. The maximum absolute atomic E-state index is 12.7. The van der Waals surface area contributed by atoms with Crippen LogP contribution in [-0.2, 0) is 9.53 Å². The number of rotatable bonds is 9. The monoisotopic (exact) mass is 506 g/mol. The van der Waals surface area contributed by atoms with Gasteiger partial charge >= 0.3 is 5.97 Å². The fourth-order valence-electron chi connectivity index (χ4n) is 3.27. The standard InChI is InChI=1S/C23H30N4O3S3/c1-8-30-22(29)19-14(6)15(7)33-21(19)24-18(28)11-32-23-26-25-20(27(23)13(4)5)16-9-17(12(2)3)31-10-16/h9-10,12-13H,8,11H2,1-7H3,(H,24,28). The van der Waals surface area contributed by atoms with Crippen LogP contribution in [0.1, 0.15) is 72.3 Å². The lowest BCUT2D eigenvalue weighted by Gasteiger charge is -2.13. The van der Waals surface area contributed by atoms with Gasteiger partial charge in [0.1, 0.15) is 5.00 Å². The zero-order valence-corrected chi connectivity index (χ0v) is 22.5. The van der Waals surface area contributed by atoms with Crippen molar-refractivity contribution in [3.8, 4) is 11.4 Å². The van der Waals surface area contributed by atoms with Gasteiger partial charge in [0.25, 0.3) is 0 Å². The molecule has 0 atom stereocenters. The zero-order chi connectivity index (χ0) is 24.3. The van der Waals surface area contributed by atoms with Gasteiger partial charge in [-0.05, 0) is 52.2 Å². The van der Waals surface area contributed by atoms with E-state index in [0.29, 0.717) is 21.6 Å². The molecule has 0 spiro atoms. The summed E-state index contributed by atoms with van der Waals surface area (Å²) in [7, 11) is 0. The van der Waals surface area contributed by atoms with Gasteiger partial charge in [0.15, 0.2) is 11.0 Å². The van der Waals surface area contributed by atoms with Gasteiger partial charge in [-0.15, -0.1) is 32.9 Å². The minimum atomic E-state index is -0.414. The number of thioether (sulfide) groups is 1. The van der Waals surface area contributed by atoms with E-state index in [-0.39, 0.29) is 24.3 Å². The minimum absolute atomic E-state index is 0.140. The van der Waals surface area contributed by atoms with Crippen molar-refractivity contribution in [2.24, 2.45) is 0 Å². The molecule has 0 unspecified atom stereocenters. The van der Waals surface area contributed by atoms with Gasteiger partial charge in [-0.3, -0.25) is 9.36 Å². The first-order chi connectivity index (χ1) is 15.6. The minimum Gasteiger partial charge on any atom is -0.462 e. The molecule has 0 radical (unpaired) electrons. The number of esters is 1. The second kappa shape index (κ2) is 10.8. The van der Waals surface area contributed by atoms with Crippen LogP contribution in [0.15, 0.2) is 16.6 Å². The number of amides is 1. The number of anilines is 1. The van der Waals surface area contributed by atoms with Crippen LogP contribution >= 0.6 is 34.4 Å². The summed E-state index contributed by atoms with van der Waals surface area (Å²) in [5, 5.41) is 15.0. The van der Waals surface area contributed by atoms with E-state index in [1.807, 2.05) is 13.8 Å². The van der Waals surface area contributed by atoms with Crippen LogP contribution in [0.3, 0.4) is 0 Å². The molecule has 178 valence electrons. The molecule has 0 fully saturated rings. The van der Waals surface area contributed by atoms with Crippen LogP contribution in [0, 0.1) is 13.8 Å². The van der Waals surface area contributed by atoms with Crippen molar-refractivity contribution < 1.29 is 14.3 Å².